The Hall–Kier alpha value is -2.05. The van der Waals surface area contributed by atoms with Crippen LogP contribution >= 0.6 is 0 Å². The maximum atomic E-state index is 9.55. The lowest BCUT2D eigenvalue weighted by Crippen LogP contribution is -2.41. The van der Waals surface area contributed by atoms with E-state index < -0.39 is 11.9 Å². The largest absolute Gasteiger partial charge is 0.478 e. The molecule has 0 saturated carbocycles. The molecule has 0 aromatic carbocycles. The van der Waals surface area contributed by atoms with Gasteiger partial charge in [-0.2, -0.15) is 0 Å². The Morgan fingerprint density at radius 3 is 1.75 bits per heavy atom. The number of carboxylic acid groups (broad SMARTS) is 2. The van der Waals surface area contributed by atoms with E-state index in [9.17, 15) is 9.59 Å². The van der Waals surface area contributed by atoms with Crippen LogP contribution in [0.4, 0.5) is 0 Å². The minimum absolute atomic E-state index is 0.558. The van der Waals surface area contributed by atoms with E-state index in [4.69, 9.17) is 10.2 Å². The van der Waals surface area contributed by atoms with Crippen molar-refractivity contribution in [3.8, 4) is 0 Å². The standard InChI is InChI=1S/C9H21N3.C4H4O4/c1-5-10-9(11-6-2)12(7-3)8-4;5-3(6)1-2-4(7)8/h5-8H2,1-4H3,(H,10,11);1-2H,(H,5,6)(H,7,8). The Balaban J connectivity index is 0. The smallest absolute Gasteiger partial charge is 0.328 e. The van der Waals surface area contributed by atoms with Gasteiger partial charge in [0.25, 0.3) is 0 Å². The topological polar surface area (TPSA) is 102 Å². The number of hydrogen-bond donors (Lipinski definition) is 3. The van der Waals surface area contributed by atoms with E-state index in [1.807, 2.05) is 0 Å². The maximum Gasteiger partial charge on any atom is 0.328 e. The first-order valence-electron chi connectivity index (χ1n) is 6.59. The molecule has 0 bridgehead atoms. The highest BCUT2D eigenvalue weighted by Crippen LogP contribution is 1.89. The van der Waals surface area contributed by atoms with Crippen LogP contribution in [0.2, 0.25) is 0 Å². The molecule has 0 aromatic rings. The Morgan fingerprint density at radius 2 is 1.50 bits per heavy atom. The van der Waals surface area contributed by atoms with E-state index in [2.05, 4.69) is 42.9 Å². The molecule has 0 saturated heterocycles. The molecule has 0 aliphatic rings. The van der Waals surface area contributed by atoms with Crippen LogP contribution in [0.5, 0.6) is 0 Å². The minimum atomic E-state index is -1.26. The predicted molar refractivity (Wildman–Crippen MR) is 79.0 cm³/mol. The van der Waals surface area contributed by atoms with Crippen LogP contribution in [0.25, 0.3) is 0 Å². The fraction of sp³-hybridized carbons (Fsp3) is 0.615. The zero-order valence-electron chi connectivity index (χ0n) is 12.6. The van der Waals surface area contributed by atoms with Crippen LogP contribution in [-0.4, -0.2) is 59.2 Å². The van der Waals surface area contributed by atoms with Crippen molar-refractivity contribution in [2.45, 2.75) is 27.7 Å². The van der Waals surface area contributed by atoms with Crippen molar-refractivity contribution in [3.05, 3.63) is 12.2 Å². The summed E-state index contributed by atoms with van der Waals surface area (Å²) in [5.74, 6) is -1.48. The number of aliphatic carboxylic acids is 2. The molecule has 0 aromatic heterocycles. The van der Waals surface area contributed by atoms with Gasteiger partial charge in [-0.3, -0.25) is 4.99 Å². The fourth-order valence-corrected chi connectivity index (χ4v) is 1.24. The van der Waals surface area contributed by atoms with Crippen LogP contribution in [-0.2, 0) is 9.59 Å². The highest BCUT2D eigenvalue weighted by atomic mass is 16.4. The second-order valence-electron chi connectivity index (χ2n) is 3.51. The van der Waals surface area contributed by atoms with Gasteiger partial charge in [0.1, 0.15) is 0 Å². The first-order chi connectivity index (χ1) is 9.42. The molecule has 0 spiro atoms. The number of nitrogens with one attached hydrogen (secondary N) is 1. The van der Waals surface area contributed by atoms with Crippen molar-refractivity contribution in [1.29, 1.82) is 0 Å². The molecule has 7 heteroatoms. The van der Waals surface area contributed by atoms with Gasteiger partial charge in [-0.15, -0.1) is 0 Å². The highest BCUT2D eigenvalue weighted by molar-refractivity contribution is 5.89. The summed E-state index contributed by atoms with van der Waals surface area (Å²) in [5.41, 5.74) is 0. The number of hydrogen-bond acceptors (Lipinski definition) is 3. The van der Waals surface area contributed by atoms with E-state index in [1.165, 1.54) is 0 Å². The van der Waals surface area contributed by atoms with Crippen molar-refractivity contribution in [1.82, 2.24) is 10.2 Å². The number of guanidine groups is 1. The summed E-state index contributed by atoms with van der Waals surface area (Å²) in [6.07, 6.45) is 1.12. The van der Waals surface area contributed by atoms with Crippen molar-refractivity contribution in [2.75, 3.05) is 26.2 Å². The van der Waals surface area contributed by atoms with Gasteiger partial charge in [-0.1, -0.05) is 0 Å². The van der Waals surface area contributed by atoms with Gasteiger partial charge in [0.2, 0.25) is 0 Å². The van der Waals surface area contributed by atoms with Crippen LogP contribution in [0.3, 0.4) is 0 Å². The fourth-order valence-electron chi connectivity index (χ4n) is 1.24. The summed E-state index contributed by atoms with van der Waals surface area (Å²) < 4.78 is 0. The van der Waals surface area contributed by atoms with Gasteiger partial charge >= 0.3 is 11.9 Å². The van der Waals surface area contributed by atoms with Crippen LogP contribution in [0.15, 0.2) is 17.1 Å². The number of aliphatic imine (C=N–C) groups is 1. The van der Waals surface area contributed by atoms with Gasteiger partial charge < -0.3 is 20.4 Å². The number of carbonyl (C=O) groups is 2. The summed E-state index contributed by atoms with van der Waals surface area (Å²) >= 11 is 0. The molecule has 0 unspecified atom stereocenters. The Bertz CT molecular complexity index is 321. The zero-order valence-corrected chi connectivity index (χ0v) is 12.6. The van der Waals surface area contributed by atoms with E-state index >= 15 is 0 Å². The van der Waals surface area contributed by atoms with E-state index in [0.29, 0.717) is 12.2 Å². The third kappa shape index (κ3) is 12.4. The summed E-state index contributed by atoms with van der Waals surface area (Å²) in [6, 6.07) is 0. The highest BCUT2D eigenvalue weighted by Gasteiger charge is 2.03. The zero-order chi connectivity index (χ0) is 16.0. The maximum absolute atomic E-state index is 9.55. The minimum Gasteiger partial charge on any atom is -0.478 e. The molecule has 0 radical (unpaired) electrons. The predicted octanol–water partition coefficient (Wildman–Crippen LogP) is 1.03. The number of rotatable bonds is 6. The second-order valence-corrected chi connectivity index (χ2v) is 3.51. The molecular weight excluding hydrogens is 262 g/mol. The van der Waals surface area contributed by atoms with Crippen molar-refractivity contribution < 1.29 is 19.8 Å². The van der Waals surface area contributed by atoms with Crippen LogP contribution in [0, 0.1) is 0 Å². The lowest BCUT2D eigenvalue weighted by molar-refractivity contribution is -0.134. The normalized spacial score (nSPS) is 10.7. The third-order valence-electron chi connectivity index (χ3n) is 2.07. The van der Waals surface area contributed by atoms with Gasteiger partial charge in [-0.05, 0) is 27.7 Å². The first kappa shape index (κ1) is 20.3. The Morgan fingerprint density at radius 1 is 1.05 bits per heavy atom. The Labute approximate surface area is 120 Å². The summed E-state index contributed by atoms with van der Waals surface area (Å²) in [4.78, 5) is 25.7. The molecule has 116 valence electrons. The molecule has 3 N–H and O–H groups in total. The lowest BCUT2D eigenvalue weighted by Gasteiger charge is -2.23. The average Bonchev–Trinajstić information content (AvgIpc) is 2.39. The molecule has 0 aliphatic heterocycles. The van der Waals surface area contributed by atoms with Gasteiger partial charge in [0, 0.05) is 38.3 Å². The molecule has 0 amide bonds. The molecule has 0 aliphatic carbocycles. The molecule has 20 heavy (non-hydrogen) atoms. The molecule has 0 atom stereocenters. The van der Waals surface area contributed by atoms with Crippen molar-refractivity contribution in [2.24, 2.45) is 4.99 Å². The van der Waals surface area contributed by atoms with Gasteiger partial charge in [0.15, 0.2) is 5.96 Å². The second kappa shape index (κ2) is 13.4. The van der Waals surface area contributed by atoms with Crippen molar-refractivity contribution >= 4 is 17.9 Å². The SMILES string of the molecule is CCN=C(NCC)N(CC)CC.O=C(O)C=CC(=O)O. The molecular formula is C13H25N3O4. The third-order valence-corrected chi connectivity index (χ3v) is 2.07. The molecule has 0 fully saturated rings. The van der Waals surface area contributed by atoms with E-state index in [-0.39, 0.29) is 0 Å². The van der Waals surface area contributed by atoms with Crippen LogP contribution in [0.1, 0.15) is 27.7 Å². The van der Waals surface area contributed by atoms with Crippen molar-refractivity contribution in [3.63, 3.8) is 0 Å². The number of carboxylic acids is 2. The quantitative estimate of drug-likeness (QED) is 0.383. The van der Waals surface area contributed by atoms with Crippen LogP contribution < -0.4 is 5.32 Å². The summed E-state index contributed by atoms with van der Waals surface area (Å²) in [5, 5.41) is 18.9. The molecule has 0 rings (SSSR count). The van der Waals surface area contributed by atoms with Gasteiger partial charge in [-0.25, -0.2) is 9.59 Å². The number of nitrogens with zero attached hydrogens (tertiary/aromatic N) is 2. The van der Waals surface area contributed by atoms with E-state index in [0.717, 1.165) is 32.1 Å². The summed E-state index contributed by atoms with van der Waals surface area (Å²) in [7, 11) is 0. The first-order valence-corrected chi connectivity index (χ1v) is 6.59. The molecule has 0 heterocycles. The molecule has 7 nitrogen and oxygen atoms in total. The summed E-state index contributed by atoms with van der Waals surface area (Å²) in [6.45, 7) is 12.3. The average molecular weight is 287 g/mol. The lowest BCUT2D eigenvalue weighted by atomic mass is 10.5. The van der Waals surface area contributed by atoms with E-state index in [1.54, 1.807) is 0 Å². The van der Waals surface area contributed by atoms with Gasteiger partial charge in [0.05, 0.1) is 0 Å². The monoisotopic (exact) mass is 287 g/mol. The Kier molecular flexibility index (Phi) is 13.6.